The van der Waals surface area contributed by atoms with Crippen molar-refractivity contribution in [1.82, 2.24) is 5.16 Å². The zero-order valence-electron chi connectivity index (χ0n) is 9.99. The molecule has 102 valence electrons. The fourth-order valence-electron chi connectivity index (χ4n) is 1.51. The van der Waals surface area contributed by atoms with Crippen LogP contribution in [-0.2, 0) is 0 Å². The lowest BCUT2D eigenvalue weighted by molar-refractivity contribution is -0.156. The van der Waals surface area contributed by atoms with E-state index in [2.05, 4.69) is 9.89 Å². The molecule has 0 aliphatic rings. The molecule has 1 aromatic heterocycles. The van der Waals surface area contributed by atoms with Gasteiger partial charge in [0.05, 0.1) is 5.56 Å². The summed E-state index contributed by atoms with van der Waals surface area (Å²) in [4.78, 5) is 0. The van der Waals surface area contributed by atoms with Gasteiger partial charge in [-0.2, -0.15) is 13.2 Å². The molecule has 2 aromatic rings. The minimum Gasteiger partial charge on any atom is -0.454 e. The van der Waals surface area contributed by atoms with Gasteiger partial charge in [0.2, 0.25) is 0 Å². The number of ether oxygens (including phenoxy) is 1. The summed E-state index contributed by atoms with van der Waals surface area (Å²) >= 11 is 0. The minimum absolute atomic E-state index is 0.232. The Bertz CT molecular complexity index is 561. The number of hydrogen-bond donors (Lipinski definition) is 1. The molecule has 0 bridgehead atoms. The van der Waals surface area contributed by atoms with E-state index in [4.69, 9.17) is 10.3 Å². The molecule has 0 amide bonds. The second-order valence-corrected chi connectivity index (χ2v) is 3.97. The maximum absolute atomic E-state index is 12.0. The summed E-state index contributed by atoms with van der Waals surface area (Å²) in [5.41, 5.74) is 7.66. The van der Waals surface area contributed by atoms with E-state index in [9.17, 15) is 13.2 Å². The summed E-state index contributed by atoms with van der Waals surface area (Å²) in [7, 11) is 0. The van der Waals surface area contributed by atoms with Crippen molar-refractivity contribution in [1.29, 1.82) is 0 Å². The number of aromatic nitrogens is 1. The van der Waals surface area contributed by atoms with Gasteiger partial charge in [-0.3, -0.25) is 0 Å². The van der Waals surface area contributed by atoms with Gasteiger partial charge in [0.25, 0.3) is 0 Å². The number of nitrogens with zero attached hydrogens (tertiary/aromatic N) is 1. The van der Waals surface area contributed by atoms with Crippen LogP contribution >= 0.6 is 0 Å². The zero-order chi connectivity index (χ0) is 14.0. The third-order valence-electron chi connectivity index (χ3n) is 2.43. The van der Waals surface area contributed by atoms with Gasteiger partial charge < -0.3 is 15.0 Å². The molecule has 1 heterocycles. The predicted molar refractivity (Wildman–Crippen MR) is 62.6 cm³/mol. The standard InChI is InChI=1S/C12H11F3N2O2/c1-7-10(8-2-4-9(16)5-3-8)17-19-11(7)18-6-12(13,14)15/h2-5H,6,16H2,1H3. The monoisotopic (exact) mass is 272 g/mol. The SMILES string of the molecule is Cc1c(-c2ccc(N)cc2)noc1OCC(F)(F)F. The lowest BCUT2D eigenvalue weighted by atomic mass is 10.1. The smallest absolute Gasteiger partial charge is 0.422 e. The van der Waals surface area contributed by atoms with Crippen LogP contribution in [0.3, 0.4) is 0 Å². The second-order valence-electron chi connectivity index (χ2n) is 3.97. The first-order chi connectivity index (χ1) is 8.87. The first-order valence-corrected chi connectivity index (χ1v) is 5.38. The van der Waals surface area contributed by atoms with Crippen molar-refractivity contribution in [3.8, 4) is 17.2 Å². The van der Waals surface area contributed by atoms with Crippen molar-refractivity contribution in [2.24, 2.45) is 0 Å². The molecule has 2 rings (SSSR count). The van der Waals surface area contributed by atoms with Gasteiger partial charge in [-0.15, -0.1) is 0 Å². The molecule has 0 aliphatic carbocycles. The van der Waals surface area contributed by atoms with E-state index in [1.54, 1.807) is 31.2 Å². The Morgan fingerprint density at radius 1 is 1.26 bits per heavy atom. The van der Waals surface area contributed by atoms with Crippen molar-refractivity contribution >= 4 is 5.69 Å². The molecular formula is C12H11F3N2O2. The number of alkyl halides is 3. The summed E-state index contributed by atoms with van der Waals surface area (Å²) in [6, 6.07) is 6.74. The number of nitrogens with two attached hydrogens (primary N) is 1. The molecule has 0 aliphatic heterocycles. The minimum atomic E-state index is -4.42. The Labute approximate surface area is 106 Å². The van der Waals surface area contributed by atoms with E-state index in [1.165, 1.54) is 0 Å². The normalized spacial score (nSPS) is 11.6. The Hall–Kier alpha value is -2.18. The quantitative estimate of drug-likeness (QED) is 0.872. The van der Waals surface area contributed by atoms with Gasteiger partial charge in [-0.05, 0) is 19.1 Å². The van der Waals surface area contributed by atoms with Gasteiger partial charge >= 0.3 is 12.1 Å². The first-order valence-electron chi connectivity index (χ1n) is 5.38. The van der Waals surface area contributed by atoms with E-state index in [0.29, 0.717) is 22.5 Å². The number of rotatable bonds is 3. The van der Waals surface area contributed by atoms with Crippen LogP contribution in [0.2, 0.25) is 0 Å². The first kappa shape index (κ1) is 13.3. The van der Waals surface area contributed by atoms with E-state index < -0.39 is 12.8 Å². The molecule has 0 spiro atoms. The number of halogens is 3. The number of benzene rings is 1. The maximum atomic E-state index is 12.0. The highest BCUT2D eigenvalue weighted by atomic mass is 19.4. The van der Waals surface area contributed by atoms with E-state index >= 15 is 0 Å². The fourth-order valence-corrected chi connectivity index (χ4v) is 1.51. The maximum Gasteiger partial charge on any atom is 0.422 e. The van der Waals surface area contributed by atoms with Gasteiger partial charge in [0.15, 0.2) is 6.61 Å². The number of nitrogen functional groups attached to an aromatic ring is 1. The van der Waals surface area contributed by atoms with Crippen molar-refractivity contribution in [2.45, 2.75) is 13.1 Å². The molecule has 2 N–H and O–H groups in total. The predicted octanol–water partition coefficient (Wildman–Crippen LogP) is 3.17. The lowest BCUT2D eigenvalue weighted by Gasteiger charge is -2.06. The summed E-state index contributed by atoms with van der Waals surface area (Å²) in [6.45, 7) is 0.165. The van der Waals surface area contributed by atoms with E-state index in [-0.39, 0.29) is 5.95 Å². The molecule has 0 saturated heterocycles. The zero-order valence-corrected chi connectivity index (χ0v) is 9.99. The summed E-state index contributed by atoms with van der Waals surface area (Å²) in [5, 5.41) is 3.71. The van der Waals surface area contributed by atoms with Crippen LogP contribution in [0.5, 0.6) is 5.95 Å². The largest absolute Gasteiger partial charge is 0.454 e. The summed E-state index contributed by atoms with van der Waals surface area (Å²) in [5.74, 6) is -0.232. The van der Waals surface area contributed by atoms with Crippen LogP contribution < -0.4 is 10.5 Å². The van der Waals surface area contributed by atoms with Crippen LogP contribution in [0.1, 0.15) is 5.56 Å². The molecule has 4 nitrogen and oxygen atoms in total. The molecular weight excluding hydrogens is 261 g/mol. The third kappa shape index (κ3) is 3.18. The highest BCUT2D eigenvalue weighted by molar-refractivity contribution is 5.65. The Morgan fingerprint density at radius 2 is 1.89 bits per heavy atom. The molecule has 0 atom stereocenters. The fraction of sp³-hybridized carbons (Fsp3) is 0.250. The molecule has 7 heteroatoms. The molecule has 0 unspecified atom stereocenters. The van der Waals surface area contributed by atoms with Gasteiger partial charge in [0, 0.05) is 11.3 Å². The van der Waals surface area contributed by atoms with Gasteiger partial charge in [-0.25, -0.2) is 0 Å². The Morgan fingerprint density at radius 3 is 2.47 bits per heavy atom. The summed E-state index contributed by atoms with van der Waals surface area (Å²) < 4.78 is 45.5. The Balaban J connectivity index is 2.20. The van der Waals surface area contributed by atoms with Crippen molar-refractivity contribution < 1.29 is 22.4 Å². The van der Waals surface area contributed by atoms with Crippen molar-refractivity contribution in [2.75, 3.05) is 12.3 Å². The van der Waals surface area contributed by atoms with Crippen LogP contribution in [0, 0.1) is 6.92 Å². The van der Waals surface area contributed by atoms with Crippen molar-refractivity contribution in [3.05, 3.63) is 29.8 Å². The lowest BCUT2D eigenvalue weighted by Crippen LogP contribution is -2.19. The topological polar surface area (TPSA) is 61.3 Å². The van der Waals surface area contributed by atoms with Crippen LogP contribution in [0.15, 0.2) is 28.8 Å². The van der Waals surface area contributed by atoms with E-state index in [0.717, 1.165) is 0 Å². The molecule has 1 aromatic carbocycles. The molecule has 19 heavy (non-hydrogen) atoms. The molecule has 0 radical (unpaired) electrons. The van der Waals surface area contributed by atoms with E-state index in [1.807, 2.05) is 0 Å². The van der Waals surface area contributed by atoms with Crippen LogP contribution in [0.25, 0.3) is 11.3 Å². The van der Waals surface area contributed by atoms with Crippen LogP contribution in [-0.4, -0.2) is 17.9 Å². The second kappa shape index (κ2) is 4.83. The van der Waals surface area contributed by atoms with Gasteiger partial charge in [-0.1, -0.05) is 17.3 Å². The third-order valence-corrected chi connectivity index (χ3v) is 2.43. The Kier molecular flexibility index (Phi) is 3.37. The molecule has 0 saturated carbocycles. The number of anilines is 1. The summed E-state index contributed by atoms with van der Waals surface area (Å²) in [6.07, 6.45) is -4.42. The van der Waals surface area contributed by atoms with Crippen molar-refractivity contribution in [3.63, 3.8) is 0 Å². The highest BCUT2D eigenvalue weighted by Gasteiger charge is 2.30. The highest BCUT2D eigenvalue weighted by Crippen LogP contribution is 2.30. The number of hydrogen-bond acceptors (Lipinski definition) is 4. The average Bonchev–Trinajstić information content (AvgIpc) is 2.68. The molecule has 0 fully saturated rings. The van der Waals surface area contributed by atoms with Crippen LogP contribution in [0.4, 0.5) is 18.9 Å². The average molecular weight is 272 g/mol. The van der Waals surface area contributed by atoms with Gasteiger partial charge in [0.1, 0.15) is 5.69 Å².